The summed E-state index contributed by atoms with van der Waals surface area (Å²) in [5.74, 6) is 0.856. The Morgan fingerprint density at radius 1 is 1.13 bits per heavy atom. The topological polar surface area (TPSA) is 125 Å². The van der Waals surface area contributed by atoms with Crippen LogP contribution in [-0.4, -0.2) is 66.7 Å². The van der Waals surface area contributed by atoms with Crippen LogP contribution in [0.4, 0.5) is 11.8 Å². The molecule has 0 unspecified atom stereocenters. The Balaban J connectivity index is 1.53. The standard InChI is InChI=1S/C22H31N7O2/c1-2-3-17(8-9-30)25-21-20-19(26-22(23)27-21)10-24-29(20)12-16-6-4-15(5-7-16)11-28-13-18(31)14-28/h4-7,10,17-18,30-31H,2-3,8-9,11-14H2,1H3,(H3,23,25,26,27)/t17-/m0/s1. The molecule has 31 heavy (non-hydrogen) atoms. The number of fused-ring (bicyclic) bond motifs is 1. The number of likely N-dealkylation sites (tertiary alicyclic amines) is 1. The molecule has 0 amide bonds. The number of hydrogen-bond acceptors (Lipinski definition) is 8. The van der Waals surface area contributed by atoms with Crippen molar-refractivity contribution in [2.45, 2.75) is 51.4 Å². The Labute approximate surface area is 181 Å². The molecule has 1 aliphatic heterocycles. The van der Waals surface area contributed by atoms with E-state index in [1.54, 1.807) is 6.20 Å². The second kappa shape index (κ2) is 9.59. The van der Waals surface area contributed by atoms with Crippen LogP contribution in [0.25, 0.3) is 11.0 Å². The van der Waals surface area contributed by atoms with Crippen LogP contribution in [0.3, 0.4) is 0 Å². The van der Waals surface area contributed by atoms with Crippen molar-refractivity contribution in [3.05, 3.63) is 41.6 Å². The second-order valence-electron chi connectivity index (χ2n) is 8.27. The van der Waals surface area contributed by atoms with Gasteiger partial charge in [-0.15, -0.1) is 0 Å². The molecule has 4 rings (SSSR count). The van der Waals surface area contributed by atoms with E-state index in [1.807, 2.05) is 4.68 Å². The first-order valence-corrected chi connectivity index (χ1v) is 10.9. The molecule has 5 N–H and O–H groups in total. The van der Waals surface area contributed by atoms with Gasteiger partial charge in [0.1, 0.15) is 11.0 Å². The highest BCUT2D eigenvalue weighted by molar-refractivity contribution is 5.86. The lowest BCUT2D eigenvalue weighted by Gasteiger charge is -2.35. The average molecular weight is 426 g/mol. The number of rotatable bonds is 10. The highest BCUT2D eigenvalue weighted by Gasteiger charge is 2.23. The van der Waals surface area contributed by atoms with Gasteiger partial charge in [-0.2, -0.15) is 10.1 Å². The maximum Gasteiger partial charge on any atom is 0.222 e. The Hall–Kier alpha value is -2.75. The van der Waals surface area contributed by atoms with Crippen molar-refractivity contribution in [3.8, 4) is 0 Å². The number of aliphatic hydroxyl groups excluding tert-OH is 2. The fraction of sp³-hybridized carbons (Fsp3) is 0.500. The maximum absolute atomic E-state index is 9.44. The molecule has 1 atom stereocenters. The van der Waals surface area contributed by atoms with E-state index in [0.29, 0.717) is 24.3 Å². The zero-order valence-corrected chi connectivity index (χ0v) is 17.9. The summed E-state index contributed by atoms with van der Waals surface area (Å²) in [4.78, 5) is 11.0. The number of nitrogen functional groups attached to an aromatic ring is 1. The van der Waals surface area contributed by atoms with Crippen molar-refractivity contribution in [2.75, 3.05) is 30.7 Å². The molecule has 9 nitrogen and oxygen atoms in total. The van der Waals surface area contributed by atoms with E-state index in [-0.39, 0.29) is 24.7 Å². The normalized spacial score (nSPS) is 15.8. The summed E-state index contributed by atoms with van der Waals surface area (Å²) in [5.41, 5.74) is 9.78. The second-order valence-corrected chi connectivity index (χ2v) is 8.27. The number of aromatic nitrogens is 4. The van der Waals surface area contributed by atoms with Gasteiger partial charge in [-0.25, -0.2) is 4.98 Å². The smallest absolute Gasteiger partial charge is 0.222 e. The van der Waals surface area contributed by atoms with E-state index in [1.165, 1.54) is 5.56 Å². The fourth-order valence-corrected chi connectivity index (χ4v) is 4.08. The predicted molar refractivity (Wildman–Crippen MR) is 121 cm³/mol. The third-order valence-corrected chi connectivity index (χ3v) is 5.66. The molecule has 1 aromatic carbocycles. The molecule has 0 bridgehead atoms. The van der Waals surface area contributed by atoms with Crippen LogP contribution in [0.15, 0.2) is 30.5 Å². The quantitative estimate of drug-likeness (QED) is 0.386. The number of β-amino-alcohol motifs (C(OH)–C–C–N with tert-alkyl or cyclic N) is 1. The molecule has 3 aromatic rings. The highest BCUT2D eigenvalue weighted by atomic mass is 16.3. The van der Waals surface area contributed by atoms with Crippen LogP contribution >= 0.6 is 0 Å². The van der Waals surface area contributed by atoms with Gasteiger partial charge in [0, 0.05) is 32.3 Å². The van der Waals surface area contributed by atoms with Crippen molar-refractivity contribution in [2.24, 2.45) is 0 Å². The highest BCUT2D eigenvalue weighted by Crippen LogP contribution is 2.24. The molecule has 1 saturated heterocycles. The summed E-state index contributed by atoms with van der Waals surface area (Å²) < 4.78 is 1.89. The van der Waals surface area contributed by atoms with E-state index in [2.05, 4.69) is 56.5 Å². The summed E-state index contributed by atoms with van der Waals surface area (Å²) in [7, 11) is 0. The number of hydrogen-bond donors (Lipinski definition) is 4. The number of benzene rings is 1. The first kappa shape index (κ1) is 21.5. The van der Waals surface area contributed by atoms with E-state index in [9.17, 15) is 10.2 Å². The van der Waals surface area contributed by atoms with Crippen LogP contribution in [0, 0.1) is 0 Å². The summed E-state index contributed by atoms with van der Waals surface area (Å²) in [6.45, 7) is 5.17. The lowest BCUT2D eigenvalue weighted by atomic mass is 10.1. The molecule has 0 aliphatic carbocycles. The van der Waals surface area contributed by atoms with Gasteiger partial charge in [0.2, 0.25) is 5.95 Å². The Kier molecular flexibility index (Phi) is 6.64. The van der Waals surface area contributed by atoms with Crippen LogP contribution in [0.1, 0.15) is 37.3 Å². The predicted octanol–water partition coefficient (Wildman–Crippen LogP) is 1.60. The van der Waals surface area contributed by atoms with Crippen LogP contribution in [0.2, 0.25) is 0 Å². The third-order valence-electron chi connectivity index (χ3n) is 5.66. The molecular weight excluding hydrogens is 394 g/mol. The Bertz CT molecular complexity index is 993. The minimum Gasteiger partial charge on any atom is -0.396 e. The number of nitrogens with two attached hydrogens (primary N) is 1. The van der Waals surface area contributed by atoms with Gasteiger partial charge in [0.15, 0.2) is 5.82 Å². The number of anilines is 2. The molecule has 166 valence electrons. The summed E-state index contributed by atoms with van der Waals surface area (Å²) >= 11 is 0. The molecule has 0 radical (unpaired) electrons. The van der Waals surface area contributed by atoms with Gasteiger partial charge in [0.25, 0.3) is 0 Å². The lowest BCUT2D eigenvalue weighted by Crippen LogP contribution is -2.49. The molecular formula is C22H31N7O2. The molecule has 0 saturated carbocycles. The maximum atomic E-state index is 9.44. The van der Waals surface area contributed by atoms with Crippen molar-refractivity contribution in [1.82, 2.24) is 24.6 Å². The molecule has 9 heteroatoms. The summed E-state index contributed by atoms with van der Waals surface area (Å²) in [6.07, 6.45) is 4.10. The zero-order valence-electron chi connectivity index (χ0n) is 17.9. The van der Waals surface area contributed by atoms with Crippen LogP contribution in [-0.2, 0) is 13.1 Å². The van der Waals surface area contributed by atoms with Crippen molar-refractivity contribution < 1.29 is 10.2 Å². The van der Waals surface area contributed by atoms with Gasteiger partial charge in [-0.1, -0.05) is 37.6 Å². The van der Waals surface area contributed by atoms with Crippen molar-refractivity contribution in [1.29, 1.82) is 0 Å². The first-order chi connectivity index (χ1) is 15.1. The van der Waals surface area contributed by atoms with E-state index in [4.69, 9.17) is 5.73 Å². The van der Waals surface area contributed by atoms with Crippen molar-refractivity contribution in [3.63, 3.8) is 0 Å². The summed E-state index contributed by atoms with van der Waals surface area (Å²) in [6, 6.07) is 8.57. The minimum absolute atomic E-state index is 0.107. The first-order valence-electron chi connectivity index (χ1n) is 10.9. The lowest BCUT2D eigenvalue weighted by molar-refractivity contribution is -0.00286. The Morgan fingerprint density at radius 3 is 2.48 bits per heavy atom. The van der Waals surface area contributed by atoms with Crippen LogP contribution in [0.5, 0.6) is 0 Å². The molecule has 2 aromatic heterocycles. The molecule has 0 spiro atoms. The number of nitrogens with one attached hydrogen (secondary N) is 1. The van der Waals surface area contributed by atoms with Gasteiger partial charge in [0.05, 0.1) is 18.8 Å². The van der Waals surface area contributed by atoms with Crippen LogP contribution < -0.4 is 11.1 Å². The van der Waals surface area contributed by atoms with E-state index < -0.39 is 0 Å². The minimum atomic E-state index is -0.180. The summed E-state index contributed by atoms with van der Waals surface area (Å²) in [5, 5.41) is 26.8. The third kappa shape index (κ3) is 5.12. The Morgan fingerprint density at radius 2 is 1.84 bits per heavy atom. The molecule has 3 heterocycles. The average Bonchev–Trinajstić information content (AvgIpc) is 3.11. The van der Waals surface area contributed by atoms with Crippen molar-refractivity contribution >= 4 is 22.8 Å². The SMILES string of the molecule is CCC[C@@H](CCO)Nc1nc(N)nc2cnn(Cc3ccc(CN4CC(O)C4)cc3)c12. The zero-order chi connectivity index (χ0) is 21.8. The number of nitrogens with zero attached hydrogens (tertiary/aromatic N) is 5. The fourth-order valence-electron chi connectivity index (χ4n) is 4.08. The molecule has 1 fully saturated rings. The number of aliphatic hydroxyl groups is 2. The largest absolute Gasteiger partial charge is 0.396 e. The van der Waals surface area contributed by atoms with Gasteiger partial charge in [-0.05, 0) is 24.0 Å². The van der Waals surface area contributed by atoms with Gasteiger partial charge in [-0.3, -0.25) is 9.58 Å². The monoisotopic (exact) mass is 425 g/mol. The molecule has 1 aliphatic rings. The van der Waals surface area contributed by atoms with Gasteiger partial charge >= 0.3 is 0 Å². The van der Waals surface area contributed by atoms with Gasteiger partial charge < -0.3 is 21.3 Å². The van der Waals surface area contributed by atoms with E-state index >= 15 is 0 Å². The van der Waals surface area contributed by atoms with E-state index in [0.717, 1.165) is 43.6 Å².